The number of nitrogens with zero attached hydrogens (tertiary/aromatic N) is 2. The summed E-state index contributed by atoms with van der Waals surface area (Å²) in [5, 5.41) is 4.07. The van der Waals surface area contributed by atoms with E-state index in [2.05, 4.69) is 9.82 Å². The number of benzene rings is 1. The zero-order chi connectivity index (χ0) is 15.5. The summed E-state index contributed by atoms with van der Waals surface area (Å²) in [6, 6.07) is 6.94. The Labute approximate surface area is 124 Å². The van der Waals surface area contributed by atoms with Crippen LogP contribution < -0.4 is 9.46 Å². The van der Waals surface area contributed by atoms with Gasteiger partial charge in [0.15, 0.2) is 0 Å². The van der Waals surface area contributed by atoms with E-state index in [1.54, 1.807) is 35.9 Å². The predicted octanol–water partition coefficient (Wildman–Crippen LogP) is 2.41. The number of sulfonamides is 1. The van der Waals surface area contributed by atoms with Crippen molar-refractivity contribution >= 4 is 15.7 Å². The van der Waals surface area contributed by atoms with Gasteiger partial charge in [-0.2, -0.15) is 5.10 Å². The molecule has 0 saturated carbocycles. The third-order valence-electron chi connectivity index (χ3n) is 3.08. The van der Waals surface area contributed by atoms with Crippen molar-refractivity contribution in [3.8, 4) is 5.75 Å². The summed E-state index contributed by atoms with van der Waals surface area (Å²) in [5.41, 5.74) is 1.03. The third-order valence-corrected chi connectivity index (χ3v) is 4.55. The minimum absolute atomic E-state index is 0.177. The van der Waals surface area contributed by atoms with E-state index in [4.69, 9.17) is 4.74 Å². The second-order valence-electron chi connectivity index (χ2n) is 4.44. The molecule has 1 aromatic heterocycles. The van der Waals surface area contributed by atoms with Crippen molar-refractivity contribution < 1.29 is 13.2 Å². The van der Waals surface area contributed by atoms with E-state index < -0.39 is 10.0 Å². The molecule has 0 saturated heterocycles. The number of anilines is 1. The topological polar surface area (TPSA) is 73.2 Å². The molecule has 0 amide bonds. The molecule has 21 heavy (non-hydrogen) atoms. The Hall–Kier alpha value is -2.02. The quantitative estimate of drug-likeness (QED) is 0.889. The molecule has 2 aromatic rings. The molecule has 0 spiro atoms. The van der Waals surface area contributed by atoms with Crippen molar-refractivity contribution in [3.05, 3.63) is 36.2 Å². The number of ether oxygens (including phenoxy) is 1. The van der Waals surface area contributed by atoms with Gasteiger partial charge in [0.05, 0.1) is 24.2 Å². The van der Waals surface area contributed by atoms with E-state index in [-0.39, 0.29) is 4.90 Å². The molecule has 1 aromatic carbocycles. The summed E-state index contributed by atoms with van der Waals surface area (Å²) < 4.78 is 34.6. The Morgan fingerprint density at radius 3 is 2.62 bits per heavy atom. The summed E-state index contributed by atoms with van der Waals surface area (Å²) in [7, 11) is -3.69. The molecule has 0 aliphatic rings. The Balaban J connectivity index is 2.35. The maximum Gasteiger partial charge on any atom is 0.265 e. The summed E-state index contributed by atoms with van der Waals surface area (Å²) in [6.45, 7) is 6.58. The Morgan fingerprint density at radius 1 is 1.29 bits per heavy atom. The maximum atomic E-state index is 12.5. The highest BCUT2D eigenvalue weighted by molar-refractivity contribution is 7.92. The molecule has 1 N–H and O–H groups in total. The molecule has 7 heteroatoms. The van der Waals surface area contributed by atoms with Gasteiger partial charge < -0.3 is 4.74 Å². The molecular formula is C14H19N3O3S. The lowest BCUT2D eigenvalue weighted by molar-refractivity contribution is 0.342. The molecule has 1 heterocycles. The molecule has 0 aliphatic heterocycles. The van der Waals surface area contributed by atoms with Crippen molar-refractivity contribution in [1.82, 2.24) is 9.78 Å². The Bertz CT molecular complexity index is 723. The zero-order valence-electron chi connectivity index (χ0n) is 12.3. The second-order valence-corrected chi connectivity index (χ2v) is 6.10. The summed E-state index contributed by atoms with van der Waals surface area (Å²) in [4.78, 5) is 0.177. The van der Waals surface area contributed by atoms with Crippen LogP contribution >= 0.6 is 0 Å². The lowest BCUT2D eigenvalue weighted by Crippen LogP contribution is -2.15. The molecule has 6 nitrogen and oxygen atoms in total. The highest BCUT2D eigenvalue weighted by Gasteiger charge is 2.21. The van der Waals surface area contributed by atoms with Gasteiger partial charge in [-0.15, -0.1) is 0 Å². The average molecular weight is 309 g/mol. The third kappa shape index (κ3) is 3.18. The number of hydrogen-bond acceptors (Lipinski definition) is 4. The van der Waals surface area contributed by atoms with Gasteiger partial charge in [-0.1, -0.05) is 12.1 Å². The SMILES string of the molecule is CCOc1ccccc1NS(=O)(=O)c1cnn(CC)c1C. The summed E-state index contributed by atoms with van der Waals surface area (Å²) >= 11 is 0. The van der Waals surface area contributed by atoms with Gasteiger partial charge in [0, 0.05) is 6.54 Å². The van der Waals surface area contributed by atoms with Crippen LogP contribution in [0.5, 0.6) is 5.75 Å². The highest BCUT2D eigenvalue weighted by atomic mass is 32.2. The highest BCUT2D eigenvalue weighted by Crippen LogP contribution is 2.27. The van der Waals surface area contributed by atoms with Crippen LogP contribution in [-0.2, 0) is 16.6 Å². The molecular weight excluding hydrogens is 290 g/mol. The zero-order valence-corrected chi connectivity index (χ0v) is 13.1. The van der Waals surface area contributed by atoms with Crippen molar-refractivity contribution in [2.24, 2.45) is 0 Å². The van der Waals surface area contributed by atoms with Crippen LogP contribution in [0.1, 0.15) is 19.5 Å². The molecule has 114 valence electrons. The van der Waals surface area contributed by atoms with E-state index in [9.17, 15) is 8.42 Å². The second kappa shape index (κ2) is 6.17. The van der Waals surface area contributed by atoms with Crippen molar-refractivity contribution in [3.63, 3.8) is 0 Å². The smallest absolute Gasteiger partial charge is 0.265 e. The molecule has 2 rings (SSSR count). The normalized spacial score (nSPS) is 11.4. The maximum absolute atomic E-state index is 12.5. The van der Waals surface area contributed by atoms with Crippen LogP contribution in [0.2, 0.25) is 0 Å². The molecule has 0 radical (unpaired) electrons. The van der Waals surface area contributed by atoms with Crippen LogP contribution in [-0.4, -0.2) is 24.8 Å². The standard InChI is InChI=1S/C14H19N3O3S/c1-4-17-11(3)14(10-15-17)21(18,19)16-12-8-6-7-9-13(12)20-5-2/h6-10,16H,4-5H2,1-3H3. The van der Waals surface area contributed by atoms with Gasteiger partial charge in [-0.05, 0) is 32.9 Å². The molecule has 0 atom stereocenters. The Kier molecular flexibility index (Phi) is 4.52. The molecule has 0 fully saturated rings. The van der Waals surface area contributed by atoms with Gasteiger partial charge in [0.25, 0.3) is 10.0 Å². The first-order chi connectivity index (χ1) is 9.99. The van der Waals surface area contributed by atoms with Gasteiger partial charge in [-0.25, -0.2) is 8.42 Å². The van der Waals surface area contributed by atoms with Gasteiger partial charge in [0.1, 0.15) is 10.6 Å². The summed E-state index contributed by atoms with van der Waals surface area (Å²) in [6.07, 6.45) is 1.37. The van der Waals surface area contributed by atoms with Crippen LogP contribution in [0, 0.1) is 6.92 Å². The monoisotopic (exact) mass is 309 g/mol. The Morgan fingerprint density at radius 2 is 2.00 bits per heavy atom. The molecule has 0 bridgehead atoms. The van der Waals surface area contributed by atoms with Crippen LogP contribution in [0.25, 0.3) is 0 Å². The van der Waals surface area contributed by atoms with E-state index in [0.29, 0.717) is 30.3 Å². The van der Waals surface area contributed by atoms with Crippen molar-refractivity contribution in [2.45, 2.75) is 32.2 Å². The fourth-order valence-electron chi connectivity index (χ4n) is 2.04. The lowest BCUT2D eigenvalue weighted by atomic mass is 10.3. The number of nitrogens with one attached hydrogen (secondary N) is 1. The van der Waals surface area contributed by atoms with Gasteiger partial charge in [0.2, 0.25) is 0 Å². The van der Waals surface area contributed by atoms with Crippen LogP contribution in [0.3, 0.4) is 0 Å². The fourth-order valence-corrected chi connectivity index (χ4v) is 3.29. The number of hydrogen-bond donors (Lipinski definition) is 1. The first-order valence-corrected chi connectivity index (χ1v) is 8.25. The average Bonchev–Trinajstić information content (AvgIpc) is 2.83. The minimum atomic E-state index is -3.69. The number of aryl methyl sites for hydroxylation is 1. The van der Waals surface area contributed by atoms with Gasteiger partial charge >= 0.3 is 0 Å². The fraction of sp³-hybridized carbons (Fsp3) is 0.357. The van der Waals surface area contributed by atoms with E-state index in [0.717, 1.165) is 0 Å². The largest absolute Gasteiger partial charge is 0.492 e. The number of aromatic nitrogens is 2. The summed E-state index contributed by atoms with van der Waals surface area (Å²) in [5.74, 6) is 0.504. The number of para-hydroxylation sites is 2. The molecule has 0 unspecified atom stereocenters. The predicted molar refractivity (Wildman–Crippen MR) is 81.1 cm³/mol. The number of rotatable bonds is 6. The minimum Gasteiger partial charge on any atom is -0.492 e. The van der Waals surface area contributed by atoms with Crippen LogP contribution in [0.4, 0.5) is 5.69 Å². The van der Waals surface area contributed by atoms with Crippen molar-refractivity contribution in [2.75, 3.05) is 11.3 Å². The van der Waals surface area contributed by atoms with E-state index >= 15 is 0 Å². The first kappa shape index (κ1) is 15.4. The lowest BCUT2D eigenvalue weighted by Gasteiger charge is -2.12. The van der Waals surface area contributed by atoms with Crippen molar-refractivity contribution in [1.29, 1.82) is 0 Å². The van der Waals surface area contributed by atoms with E-state index in [1.807, 2.05) is 13.8 Å². The van der Waals surface area contributed by atoms with Crippen LogP contribution in [0.15, 0.2) is 35.4 Å². The molecule has 0 aliphatic carbocycles. The van der Waals surface area contributed by atoms with Gasteiger partial charge in [-0.3, -0.25) is 9.40 Å². The first-order valence-electron chi connectivity index (χ1n) is 6.76. The van der Waals surface area contributed by atoms with E-state index in [1.165, 1.54) is 6.20 Å².